The fourth-order valence-corrected chi connectivity index (χ4v) is 7.16. The van der Waals surface area contributed by atoms with Gasteiger partial charge in [-0.05, 0) is 53.1 Å². The number of ketones is 2. The number of carbonyl (C=O) groups excluding carboxylic acids is 3. The summed E-state index contributed by atoms with van der Waals surface area (Å²) in [6.07, 6.45) is 5.25. The normalized spacial score (nSPS) is 22.3. The van der Waals surface area contributed by atoms with Crippen LogP contribution in [0.25, 0.3) is 6.08 Å². The minimum atomic E-state index is -1.51. The van der Waals surface area contributed by atoms with E-state index in [0.29, 0.717) is 22.6 Å². The zero-order valence-corrected chi connectivity index (χ0v) is 24.0. The number of nitro benzene ring substituents is 1. The largest absolute Gasteiger partial charge is 0.490 e. The second kappa shape index (κ2) is 10.7. The van der Waals surface area contributed by atoms with E-state index in [1.165, 1.54) is 24.3 Å². The first-order chi connectivity index (χ1) is 21.9. The number of Topliss-reactive ketones (excluding diaryl/α,β-unsaturated/α-hetero) is 2. The van der Waals surface area contributed by atoms with Crippen molar-refractivity contribution in [3.8, 4) is 5.75 Å². The van der Waals surface area contributed by atoms with E-state index in [2.05, 4.69) is 11.9 Å². The van der Waals surface area contributed by atoms with Crippen LogP contribution < -0.4 is 10.1 Å². The summed E-state index contributed by atoms with van der Waals surface area (Å²) in [6.45, 7) is 3.95. The first-order valence-electron chi connectivity index (χ1n) is 14.5. The van der Waals surface area contributed by atoms with Crippen molar-refractivity contribution in [3.05, 3.63) is 154 Å². The molecule has 9 heteroatoms. The van der Waals surface area contributed by atoms with E-state index in [1.807, 2.05) is 48.5 Å². The molecule has 1 fully saturated rings. The second-order valence-corrected chi connectivity index (χ2v) is 11.2. The predicted octanol–water partition coefficient (Wildman–Crippen LogP) is 6.14. The molecule has 222 valence electrons. The molecule has 4 atom stereocenters. The molecule has 9 nitrogen and oxygen atoms in total. The number of rotatable bonds is 8. The molecule has 1 amide bonds. The molecule has 0 unspecified atom stereocenters. The maximum Gasteiger partial charge on any atom is 0.270 e. The summed E-state index contributed by atoms with van der Waals surface area (Å²) in [4.78, 5) is 57.0. The van der Waals surface area contributed by atoms with Gasteiger partial charge in [0.25, 0.3) is 5.69 Å². The molecule has 3 aliphatic heterocycles. The number of para-hydroxylation sites is 1. The average Bonchev–Trinajstić information content (AvgIpc) is 3.55. The average molecular weight is 598 g/mol. The van der Waals surface area contributed by atoms with Gasteiger partial charge in [0.05, 0.1) is 16.9 Å². The van der Waals surface area contributed by atoms with E-state index in [-0.39, 0.29) is 23.8 Å². The third-order valence-electron chi connectivity index (χ3n) is 8.97. The topological polar surface area (TPSA) is 119 Å². The number of nitrogens with one attached hydrogen (secondary N) is 1. The van der Waals surface area contributed by atoms with E-state index in [9.17, 15) is 24.5 Å². The van der Waals surface area contributed by atoms with Crippen LogP contribution in [0.1, 0.15) is 43.4 Å². The number of nitro groups is 1. The molecule has 1 spiro atoms. The molecular weight excluding hydrogens is 570 g/mol. The highest BCUT2D eigenvalue weighted by atomic mass is 16.6. The summed E-state index contributed by atoms with van der Waals surface area (Å²) in [5.74, 6) is -1.95. The number of anilines is 1. The molecule has 45 heavy (non-hydrogen) atoms. The molecule has 4 aromatic carbocycles. The Kier molecular flexibility index (Phi) is 6.66. The molecule has 0 bridgehead atoms. The zero-order chi connectivity index (χ0) is 31.3. The number of amides is 1. The third kappa shape index (κ3) is 4.19. The number of fused-ring (bicyclic) bond motifs is 6. The fourth-order valence-electron chi connectivity index (χ4n) is 7.16. The lowest BCUT2D eigenvalue weighted by atomic mass is 9.62. The minimum Gasteiger partial charge on any atom is -0.490 e. The minimum absolute atomic E-state index is 0.0786. The van der Waals surface area contributed by atoms with Crippen LogP contribution in [0, 0.1) is 16.0 Å². The summed E-state index contributed by atoms with van der Waals surface area (Å²) in [5.41, 5.74) is 1.49. The lowest BCUT2D eigenvalue weighted by molar-refractivity contribution is -0.384. The van der Waals surface area contributed by atoms with Crippen molar-refractivity contribution < 1.29 is 24.0 Å². The van der Waals surface area contributed by atoms with Crippen molar-refractivity contribution in [2.24, 2.45) is 5.92 Å². The number of ether oxygens (including phenoxy) is 1. The highest BCUT2D eigenvalue weighted by molar-refractivity contribution is 6.16. The fraction of sp³-hybridized carbons (Fsp3) is 0.139. The van der Waals surface area contributed by atoms with Gasteiger partial charge >= 0.3 is 0 Å². The van der Waals surface area contributed by atoms with Gasteiger partial charge in [-0.15, -0.1) is 0 Å². The van der Waals surface area contributed by atoms with Gasteiger partial charge in [-0.1, -0.05) is 67.3 Å². The SMILES string of the molecule is C=CCOc1ccc(C(=O)[C@H]2[C@H](C(=O)c3cccc([N+](=O)[O-])c3)N3C=Cc4ccccc4[C@@H]3[C@]23C(=O)Nc2ccccc23)cc1. The van der Waals surface area contributed by atoms with Crippen molar-refractivity contribution in [3.63, 3.8) is 0 Å². The molecule has 4 aromatic rings. The van der Waals surface area contributed by atoms with Gasteiger partial charge < -0.3 is 15.0 Å². The Hall–Kier alpha value is -5.83. The van der Waals surface area contributed by atoms with Gasteiger partial charge in [-0.3, -0.25) is 24.5 Å². The molecule has 0 aromatic heterocycles. The Labute approximate surface area is 258 Å². The number of hydrogen-bond acceptors (Lipinski definition) is 7. The van der Waals surface area contributed by atoms with Gasteiger partial charge in [-0.25, -0.2) is 0 Å². The van der Waals surface area contributed by atoms with Crippen molar-refractivity contribution in [2.45, 2.75) is 17.5 Å². The van der Waals surface area contributed by atoms with E-state index < -0.39 is 39.9 Å². The highest BCUT2D eigenvalue weighted by Gasteiger charge is 2.70. The molecule has 0 radical (unpaired) electrons. The Bertz CT molecular complexity index is 1930. The molecule has 0 aliphatic carbocycles. The lowest BCUT2D eigenvalue weighted by Crippen LogP contribution is -2.49. The van der Waals surface area contributed by atoms with Crippen molar-refractivity contribution in [1.29, 1.82) is 0 Å². The molecule has 3 aliphatic rings. The van der Waals surface area contributed by atoms with Crippen LogP contribution in [0.2, 0.25) is 0 Å². The molecular formula is C36H27N3O6. The Morgan fingerprint density at radius 3 is 2.49 bits per heavy atom. The summed E-state index contributed by atoms with van der Waals surface area (Å²) in [6, 6.07) is 25.1. The zero-order valence-electron chi connectivity index (χ0n) is 24.0. The molecule has 3 heterocycles. The van der Waals surface area contributed by atoms with Gasteiger partial charge in [-0.2, -0.15) is 0 Å². The standard InChI is InChI=1S/C36H27N3O6/c1-2-20-45-26-16-14-23(15-17-26)32(40)30-31(33(41)24-9-7-10-25(21-24)39(43)44)38-19-18-22-8-3-4-11-27(22)34(38)36(30)28-12-5-6-13-29(28)37-35(36)42/h2-19,21,30-31,34H,1,20H2,(H,37,42)/t30-,31-,34-,36-/m1/s1. The van der Waals surface area contributed by atoms with Crippen LogP contribution in [-0.4, -0.2) is 39.9 Å². The van der Waals surface area contributed by atoms with E-state index >= 15 is 0 Å². The van der Waals surface area contributed by atoms with Gasteiger partial charge in [0, 0.05) is 35.1 Å². The van der Waals surface area contributed by atoms with Crippen molar-refractivity contribution in [2.75, 3.05) is 11.9 Å². The van der Waals surface area contributed by atoms with Crippen LogP contribution >= 0.6 is 0 Å². The number of carbonyl (C=O) groups is 3. The number of hydrogen-bond donors (Lipinski definition) is 1. The number of non-ortho nitro benzene ring substituents is 1. The summed E-state index contributed by atoms with van der Waals surface area (Å²) in [7, 11) is 0. The van der Waals surface area contributed by atoms with Gasteiger partial charge in [0.1, 0.15) is 23.8 Å². The maximum absolute atomic E-state index is 14.9. The summed E-state index contributed by atoms with van der Waals surface area (Å²) in [5, 5.41) is 14.7. The van der Waals surface area contributed by atoms with Crippen molar-refractivity contribution in [1.82, 2.24) is 4.90 Å². The lowest BCUT2D eigenvalue weighted by Gasteiger charge is -2.38. The Morgan fingerprint density at radius 2 is 1.71 bits per heavy atom. The Morgan fingerprint density at radius 1 is 0.956 bits per heavy atom. The van der Waals surface area contributed by atoms with E-state index in [0.717, 1.165) is 11.1 Å². The smallest absolute Gasteiger partial charge is 0.270 e. The van der Waals surface area contributed by atoms with Gasteiger partial charge in [0.2, 0.25) is 5.91 Å². The van der Waals surface area contributed by atoms with Gasteiger partial charge in [0.15, 0.2) is 11.6 Å². The van der Waals surface area contributed by atoms with Crippen LogP contribution in [0.4, 0.5) is 11.4 Å². The quantitative estimate of drug-likeness (QED) is 0.112. The molecule has 7 rings (SSSR count). The van der Waals surface area contributed by atoms with Crippen LogP contribution in [0.3, 0.4) is 0 Å². The van der Waals surface area contributed by atoms with E-state index in [1.54, 1.807) is 47.5 Å². The molecule has 1 saturated heterocycles. The summed E-state index contributed by atoms with van der Waals surface area (Å²) < 4.78 is 5.62. The molecule has 1 N–H and O–H groups in total. The van der Waals surface area contributed by atoms with Crippen molar-refractivity contribution >= 4 is 34.9 Å². The van der Waals surface area contributed by atoms with Crippen LogP contribution in [0.15, 0.2) is 116 Å². The Balaban J connectivity index is 1.48. The maximum atomic E-state index is 14.9. The monoisotopic (exact) mass is 597 g/mol. The number of benzene rings is 4. The second-order valence-electron chi connectivity index (χ2n) is 11.2. The van der Waals surface area contributed by atoms with Crippen LogP contribution in [-0.2, 0) is 10.2 Å². The first-order valence-corrected chi connectivity index (χ1v) is 14.5. The summed E-state index contributed by atoms with van der Waals surface area (Å²) >= 11 is 0. The molecule has 0 saturated carbocycles. The highest BCUT2D eigenvalue weighted by Crippen LogP contribution is 2.62. The first kappa shape index (κ1) is 28.0. The van der Waals surface area contributed by atoms with Crippen LogP contribution in [0.5, 0.6) is 5.75 Å². The third-order valence-corrected chi connectivity index (χ3v) is 8.97. The van der Waals surface area contributed by atoms with E-state index in [4.69, 9.17) is 4.74 Å². The number of nitrogens with zero attached hydrogens (tertiary/aromatic N) is 2. The predicted molar refractivity (Wildman–Crippen MR) is 168 cm³/mol.